The molecular formula is C18H25ClN2O. The van der Waals surface area contributed by atoms with Crippen molar-refractivity contribution in [3.63, 3.8) is 0 Å². The molecule has 0 bridgehead atoms. The molecule has 0 saturated carbocycles. The van der Waals surface area contributed by atoms with E-state index in [0.717, 1.165) is 38.2 Å². The fourth-order valence-corrected chi connectivity index (χ4v) is 4.36. The largest absolute Gasteiger partial charge is 0.338 e. The van der Waals surface area contributed by atoms with Crippen LogP contribution in [0.4, 0.5) is 0 Å². The Kier molecular flexibility index (Phi) is 4.47. The van der Waals surface area contributed by atoms with Gasteiger partial charge in [-0.15, -0.1) is 12.4 Å². The maximum Gasteiger partial charge on any atom is 0.253 e. The molecular weight excluding hydrogens is 296 g/mol. The van der Waals surface area contributed by atoms with Crippen LogP contribution in [0.3, 0.4) is 0 Å². The summed E-state index contributed by atoms with van der Waals surface area (Å²) in [6, 6.07) is 6.37. The molecule has 22 heavy (non-hydrogen) atoms. The Morgan fingerprint density at radius 3 is 2.68 bits per heavy atom. The third kappa shape index (κ3) is 2.77. The predicted molar refractivity (Wildman–Crippen MR) is 90.8 cm³/mol. The molecule has 4 heteroatoms. The number of fused-ring (bicyclic) bond motifs is 1. The number of nitrogens with one attached hydrogen (secondary N) is 1. The first-order valence-electron chi connectivity index (χ1n) is 8.38. The Morgan fingerprint density at radius 1 is 1.09 bits per heavy atom. The standard InChI is InChI=1S/C18H24N2O.ClH/c21-17(16-5-4-14-2-1-3-15(14)12-16)20-11-8-18(13-20)6-9-19-10-7-18;/h4-5,12,19H,1-3,6-11,13H2;1H. The number of amides is 1. The van der Waals surface area contributed by atoms with E-state index in [0.29, 0.717) is 5.41 Å². The summed E-state index contributed by atoms with van der Waals surface area (Å²) in [7, 11) is 0. The maximum absolute atomic E-state index is 12.8. The minimum atomic E-state index is 0. The quantitative estimate of drug-likeness (QED) is 0.863. The summed E-state index contributed by atoms with van der Waals surface area (Å²) in [6.45, 7) is 4.13. The van der Waals surface area contributed by atoms with Gasteiger partial charge in [0, 0.05) is 18.7 Å². The van der Waals surface area contributed by atoms with Crippen LogP contribution in [0.25, 0.3) is 0 Å². The number of hydrogen-bond acceptors (Lipinski definition) is 2. The Morgan fingerprint density at radius 2 is 1.86 bits per heavy atom. The zero-order valence-electron chi connectivity index (χ0n) is 13.1. The molecule has 120 valence electrons. The summed E-state index contributed by atoms with van der Waals surface area (Å²) >= 11 is 0. The van der Waals surface area contributed by atoms with Crippen molar-refractivity contribution in [1.82, 2.24) is 10.2 Å². The average Bonchev–Trinajstić information content (AvgIpc) is 3.14. The highest BCUT2D eigenvalue weighted by molar-refractivity contribution is 5.94. The molecule has 0 atom stereocenters. The average molecular weight is 321 g/mol. The number of rotatable bonds is 1. The van der Waals surface area contributed by atoms with Crippen LogP contribution < -0.4 is 5.32 Å². The third-order valence-corrected chi connectivity index (χ3v) is 5.74. The van der Waals surface area contributed by atoms with E-state index in [9.17, 15) is 4.79 Å². The molecule has 1 N–H and O–H groups in total. The lowest BCUT2D eigenvalue weighted by Gasteiger charge is -2.33. The first-order valence-corrected chi connectivity index (χ1v) is 8.38. The molecule has 2 saturated heterocycles. The normalized spacial score (nSPS) is 22.5. The second kappa shape index (κ2) is 6.21. The highest BCUT2D eigenvalue weighted by Crippen LogP contribution is 2.39. The van der Waals surface area contributed by atoms with Gasteiger partial charge in [-0.05, 0) is 80.3 Å². The summed E-state index contributed by atoms with van der Waals surface area (Å²) in [6.07, 6.45) is 7.20. The van der Waals surface area contributed by atoms with Gasteiger partial charge in [-0.2, -0.15) is 0 Å². The van der Waals surface area contributed by atoms with E-state index in [1.807, 2.05) is 6.07 Å². The minimum absolute atomic E-state index is 0. The van der Waals surface area contributed by atoms with Gasteiger partial charge in [0.2, 0.25) is 0 Å². The van der Waals surface area contributed by atoms with Crippen LogP contribution in [0.15, 0.2) is 18.2 Å². The van der Waals surface area contributed by atoms with Crippen molar-refractivity contribution in [2.75, 3.05) is 26.2 Å². The van der Waals surface area contributed by atoms with Crippen LogP contribution in [0.1, 0.15) is 47.2 Å². The third-order valence-electron chi connectivity index (χ3n) is 5.74. The summed E-state index contributed by atoms with van der Waals surface area (Å²) < 4.78 is 0. The van der Waals surface area contributed by atoms with E-state index in [4.69, 9.17) is 0 Å². The molecule has 1 aromatic carbocycles. The molecule has 1 amide bonds. The molecule has 0 unspecified atom stereocenters. The van der Waals surface area contributed by atoms with Gasteiger partial charge in [0.05, 0.1) is 0 Å². The van der Waals surface area contributed by atoms with Crippen LogP contribution in [0.2, 0.25) is 0 Å². The molecule has 1 aromatic rings. The van der Waals surface area contributed by atoms with Gasteiger partial charge >= 0.3 is 0 Å². The van der Waals surface area contributed by atoms with Crippen molar-refractivity contribution >= 4 is 18.3 Å². The summed E-state index contributed by atoms with van der Waals surface area (Å²) in [5.74, 6) is 0.250. The SMILES string of the molecule is Cl.O=C(c1ccc2c(c1)CCC2)N1CCC2(CCNCC2)C1. The van der Waals surface area contributed by atoms with Crippen LogP contribution in [0, 0.1) is 5.41 Å². The van der Waals surface area contributed by atoms with Gasteiger partial charge in [-0.25, -0.2) is 0 Å². The van der Waals surface area contributed by atoms with E-state index in [1.54, 1.807) is 0 Å². The number of piperidine rings is 1. The smallest absolute Gasteiger partial charge is 0.253 e. The second-order valence-electron chi connectivity index (χ2n) is 7.06. The molecule has 0 radical (unpaired) electrons. The van der Waals surface area contributed by atoms with Crippen molar-refractivity contribution < 1.29 is 4.79 Å². The topological polar surface area (TPSA) is 32.3 Å². The Balaban J connectivity index is 0.00000144. The summed E-state index contributed by atoms with van der Waals surface area (Å²) in [5, 5.41) is 3.44. The van der Waals surface area contributed by atoms with Crippen LogP contribution in [0.5, 0.6) is 0 Å². The fraction of sp³-hybridized carbons (Fsp3) is 0.611. The number of carbonyl (C=O) groups excluding carboxylic acids is 1. The number of carbonyl (C=O) groups is 1. The van der Waals surface area contributed by atoms with Crippen molar-refractivity contribution in [1.29, 1.82) is 0 Å². The zero-order chi connectivity index (χ0) is 14.3. The van der Waals surface area contributed by atoms with Gasteiger partial charge in [-0.3, -0.25) is 4.79 Å². The lowest BCUT2D eigenvalue weighted by molar-refractivity contribution is 0.0761. The van der Waals surface area contributed by atoms with Gasteiger partial charge in [0.15, 0.2) is 0 Å². The van der Waals surface area contributed by atoms with Gasteiger partial charge in [0.1, 0.15) is 0 Å². The van der Waals surface area contributed by atoms with Crippen LogP contribution in [-0.2, 0) is 12.8 Å². The van der Waals surface area contributed by atoms with Crippen molar-refractivity contribution in [2.24, 2.45) is 5.41 Å². The lowest BCUT2D eigenvalue weighted by Crippen LogP contribution is -2.39. The highest BCUT2D eigenvalue weighted by atomic mass is 35.5. The molecule has 1 spiro atoms. The molecule has 2 fully saturated rings. The number of aryl methyl sites for hydroxylation is 2. The van der Waals surface area contributed by atoms with E-state index >= 15 is 0 Å². The molecule has 3 aliphatic rings. The number of nitrogens with zero attached hydrogens (tertiary/aromatic N) is 1. The fourth-order valence-electron chi connectivity index (χ4n) is 4.36. The molecule has 4 rings (SSSR count). The summed E-state index contributed by atoms with van der Waals surface area (Å²) in [4.78, 5) is 14.9. The molecule has 3 nitrogen and oxygen atoms in total. The second-order valence-corrected chi connectivity index (χ2v) is 7.06. The van der Waals surface area contributed by atoms with Crippen molar-refractivity contribution in [2.45, 2.75) is 38.5 Å². The van der Waals surface area contributed by atoms with Crippen molar-refractivity contribution in [3.8, 4) is 0 Å². The predicted octanol–water partition coefficient (Wildman–Crippen LogP) is 2.81. The maximum atomic E-state index is 12.8. The molecule has 2 heterocycles. The van der Waals surface area contributed by atoms with E-state index in [-0.39, 0.29) is 18.3 Å². The number of halogens is 1. The number of benzene rings is 1. The number of likely N-dealkylation sites (tertiary alicyclic amines) is 1. The van der Waals surface area contributed by atoms with E-state index in [1.165, 1.54) is 43.2 Å². The molecule has 2 aliphatic heterocycles. The lowest BCUT2D eigenvalue weighted by atomic mass is 9.78. The zero-order valence-corrected chi connectivity index (χ0v) is 13.9. The molecule has 1 aliphatic carbocycles. The van der Waals surface area contributed by atoms with Crippen LogP contribution in [-0.4, -0.2) is 37.0 Å². The van der Waals surface area contributed by atoms with Crippen molar-refractivity contribution in [3.05, 3.63) is 34.9 Å². The highest BCUT2D eigenvalue weighted by Gasteiger charge is 2.40. The first kappa shape index (κ1) is 15.8. The van der Waals surface area contributed by atoms with Gasteiger partial charge in [-0.1, -0.05) is 6.07 Å². The van der Waals surface area contributed by atoms with E-state index in [2.05, 4.69) is 22.3 Å². The van der Waals surface area contributed by atoms with Crippen LogP contribution >= 0.6 is 12.4 Å². The van der Waals surface area contributed by atoms with E-state index < -0.39 is 0 Å². The Bertz CT molecular complexity index is 566. The number of hydrogen-bond donors (Lipinski definition) is 1. The molecule has 0 aromatic heterocycles. The first-order chi connectivity index (χ1) is 10.3. The monoisotopic (exact) mass is 320 g/mol. The Labute approximate surface area is 138 Å². The Hall–Kier alpha value is -1.06. The minimum Gasteiger partial charge on any atom is -0.338 e. The summed E-state index contributed by atoms with van der Waals surface area (Å²) in [5.41, 5.74) is 4.15. The van der Waals surface area contributed by atoms with Gasteiger partial charge in [0.25, 0.3) is 5.91 Å². The van der Waals surface area contributed by atoms with Gasteiger partial charge < -0.3 is 10.2 Å².